The van der Waals surface area contributed by atoms with Gasteiger partial charge in [-0.05, 0) is 29.9 Å². The van der Waals surface area contributed by atoms with E-state index < -0.39 is 54.6 Å². The molecule has 36 heavy (non-hydrogen) atoms. The second-order valence-electron chi connectivity index (χ2n) is 7.28. The molecular weight excluding hydrogens is 569 g/mol. The lowest BCUT2D eigenvalue weighted by Crippen LogP contribution is -2.33. The third kappa shape index (κ3) is 7.25. The van der Waals surface area contributed by atoms with Crippen LogP contribution in [0.15, 0.2) is 30.5 Å². The second-order valence-corrected chi connectivity index (χ2v) is 12.1. The van der Waals surface area contributed by atoms with Crippen molar-refractivity contribution < 1.29 is 61.4 Å². The Morgan fingerprint density at radius 1 is 1.00 bits per heavy atom. The minimum atomic E-state index is -5.73. The van der Waals surface area contributed by atoms with Gasteiger partial charge in [-0.15, -0.1) is 0 Å². The van der Waals surface area contributed by atoms with Crippen molar-refractivity contribution in [1.29, 1.82) is 0 Å². The molecule has 2 unspecified atom stereocenters. The fraction of sp³-hybridized carbons (Fsp3) is 0.333. The predicted octanol–water partition coefficient (Wildman–Crippen LogP) is 0.406. The molecule has 1 aliphatic rings. The number of phosphoric acid groups is 3. The maximum absolute atomic E-state index is 11.9. The Kier molecular flexibility index (Phi) is 8.57. The summed E-state index contributed by atoms with van der Waals surface area (Å²) in [4.78, 5) is 39.9. The lowest BCUT2D eigenvalue weighted by atomic mass is 10.1. The molecule has 3 rings (SSSR count). The van der Waals surface area contributed by atoms with Gasteiger partial charge in [0, 0.05) is 17.4 Å². The first kappa shape index (κ1) is 29.0. The summed E-state index contributed by atoms with van der Waals surface area (Å²) >= 11 is 5.17. The highest BCUT2D eigenvalue weighted by Crippen LogP contribution is 2.66. The van der Waals surface area contributed by atoms with E-state index >= 15 is 0 Å². The molecule has 17 nitrogen and oxygen atoms in total. The zero-order chi connectivity index (χ0) is 27.1. The van der Waals surface area contributed by atoms with E-state index in [0.717, 1.165) is 0 Å². The van der Waals surface area contributed by atoms with E-state index in [-0.39, 0.29) is 10.6 Å². The molecule has 2 heterocycles. The average molecular weight is 590 g/mol. The van der Waals surface area contributed by atoms with Crippen LogP contribution in [0.4, 0.5) is 11.5 Å². The summed E-state index contributed by atoms with van der Waals surface area (Å²) in [5.41, 5.74) is 13.1. The van der Waals surface area contributed by atoms with Crippen LogP contribution in [0.25, 0.3) is 11.1 Å². The molecule has 1 fully saturated rings. The Morgan fingerprint density at radius 2 is 1.61 bits per heavy atom. The maximum Gasteiger partial charge on any atom is 0.490 e. The molecule has 2 aromatic rings. The number of aromatic nitrogens is 2. The van der Waals surface area contributed by atoms with Crippen LogP contribution < -0.4 is 11.5 Å². The zero-order valence-electron chi connectivity index (χ0n) is 17.7. The molecule has 0 amide bonds. The third-order valence-corrected chi connectivity index (χ3v) is 8.74. The highest BCUT2D eigenvalue weighted by molar-refractivity contribution is 7.71. The highest BCUT2D eigenvalue weighted by Gasteiger charge is 2.46. The van der Waals surface area contributed by atoms with E-state index in [1.54, 1.807) is 24.3 Å². The van der Waals surface area contributed by atoms with Gasteiger partial charge in [-0.3, -0.25) is 9.09 Å². The number of aliphatic hydroxyl groups excluding tert-OH is 2. The topological polar surface area (TPSA) is 279 Å². The number of hydrogen-bond acceptors (Lipinski definition) is 13. The minimum Gasteiger partial charge on any atom is -0.399 e. The SMILES string of the molecule is Nc1ccc(-c2cn([C@@H]3O[C@H](COP(=O)(O)OP(=O)(O)OP(=O)(O)O)[C@@H](O)[C@H]3O)c(=S)nc2N)cc1. The van der Waals surface area contributed by atoms with Gasteiger partial charge in [0.05, 0.1) is 6.61 Å². The largest absolute Gasteiger partial charge is 0.490 e. The van der Waals surface area contributed by atoms with Crippen molar-refractivity contribution in [2.24, 2.45) is 0 Å². The van der Waals surface area contributed by atoms with Gasteiger partial charge in [-0.2, -0.15) is 8.62 Å². The fourth-order valence-electron chi connectivity index (χ4n) is 3.12. The van der Waals surface area contributed by atoms with Gasteiger partial charge in [-0.25, -0.2) is 18.7 Å². The zero-order valence-corrected chi connectivity index (χ0v) is 21.2. The van der Waals surface area contributed by atoms with Crippen molar-refractivity contribution >= 4 is 47.2 Å². The fourth-order valence-corrected chi connectivity index (χ4v) is 6.40. The van der Waals surface area contributed by atoms with E-state index in [4.69, 9.17) is 38.2 Å². The van der Waals surface area contributed by atoms with Gasteiger partial charge in [-0.1, -0.05) is 12.1 Å². The molecular formula is C15H21N4O13P3S. The van der Waals surface area contributed by atoms with E-state index in [1.165, 1.54) is 10.8 Å². The molecule has 6 atom stereocenters. The number of anilines is 2. The van der Waals surface area contributed by atoms with Crippen molar-refractivity contribution in [3.05, 3.63) is 35.2 Å². The van der Waals surface area contributed by atoms with Gasteiger partial charge in [0.25, 0.3) is 0 Å². The maximum atomic E-state index is 11.9. The van der Waals surface area contributed by atoms with Crippen molar-refractivity contribution in [2.45, 2.75) is 24.5 Å². The molecule has 200 valence electrons. The summed E-state index contributed by atoms with van der Waals surface area (Å²) in [7, 11) is -16.8. The van der Waals surface area contributed by atoms with Crippen molar-refractivity contribution in [1.82, 2.24) is 9.55 Å². The van der Waals surface area contributed by atoms with Gasteiger partial charge in [0.15, 0.2) is 6.23 Å². The number of nitrogens with two attached hydrogens (primary N) is 2. The number of hydrogen-bond donors (Lipinski definition) is 8. The molecule has 1 aliphatic heterocycles. The molecule has 1 saturated heterocycles. The lowest BCUT2D eigenvalue weighted by molar-refractivity contribution is -0.0532. The molecule has 0 bridgehead atoms. The van der Waals surface area contributed by atoms with Crippen LogP contribution in [0, 0.1) is 4.77 Å². The Labute approximate surface area is 207 Å². The summed E-state index contributed by atoms with van der Waals surface area (Å²) < 4.78 is 52.2. The first-order valence-corrected chi connectivity index (χ1v) is 14.5. The second kappa shape index (κ2) is 10.6. The monoisotopic (exact) mass is 590 g/mol. The van der Waals surface area contributed by atoms with Crippen LogP contribution in [-0.2, 0) is 31.6 Å². The number of rotatable bonds is 9. The van der Waals surface area contributed by atoms with Gasteiger partial charge >= 0.3 is 23.5 Å². The standard InChI is InChI=1S/C15H21N4O13P3S/c16-8-3-1-7(2-4-8)9-5-19(15(36)18-13(9)17)14-12(21)11(20)10(30-14)6-29-34(25,26)32-35(27,28)31-33(22,23)24/h1-5,10-12,14,20-21H,6,16H2,(H,25,26)(H,27,28)(H2,17,18,36)(H2,22,23,24)/t10-,11-,12-,14-/m1/s1. The average Bonchev–Trinajstić information content (AvgIpc) is 2.99. The van der Waals surface area contributed by atoms with E-state index in [2.05, 4.69) is 18.1 Å². The molecule has 0 aliphatic carbocycles. The van der Waals surface area contributed by atoms with Crippen LogP contribution in [0.2, 0.25) is 0 Å². The molecule has 0 radical (unpaired) electrons. The Bertz CT molecular complexity index is 1320. The number of phosphoric ester groups is 1. The van der Waals surface area contributed by atoms with Crippen molar-refractivity contribution in [3.8, 4) is 11.1 Å². The van der Waals surface area contributed by atoms with E-state index in [1.807, 2.05) is 0 Å². The van der Waals surface area contributed by atoms with Gasteiger partial charge < -0.3 is 46.0 Å². The molecule has 10 N–H and O–H groups in total. The van der Waals surface area contributed by atoms with Crippen molar-refractivity contribution in [2.75, 3.05) is 18.1 Å². The van der Waals surface area contributed by atoms with Crippen molar-refractivity contribution in [3.63, 3.8) is 0 Å². The minimum absolute atomic E-state index is 0.0539. The molecule has 1 aromatic carbocycles. The van der Waals surface area contributed by atoms with Crippen LogP contribution in [0.3, 0.4) is 0 Å². The predicted molar refractivity (Wildman–Crippen MR) is 123 cm³/mol. The van der Waals surface area contributed by atoms with Gasteiger partial charge in [0.1, 0.15) is 24.1 Å². The molecule has 0 spiro atoms. The van der Waals surface area contributed by atoms with Crippen LogP contribution in [-0.4, -0.2) is 64.3 Å². The van der Waals surface area contributed by atoms with Gasteiger partial charge in [0.2, 0.25) is 4.77 Å². The first-order chi connectivity index (χ1) is 16.5. The Morgan fingerprint density at radius 3 is 2.19 bits per heavy atom. The number of aliphatic hydroxyl groups is 2. The first-order valence-electron chi connectivity index (χ1n) is 9.52. The number of benzene rings is 1. The summed E-state index contributed by atoms with van der Waals surface area (Å²) in [6.07, 6.45) is -4.85. The number of nitrogen functional groups attached to an aromatic ring is 2. The van der Waals surface area contributed by atoms with E-state index in [9.17, 15) is 33.7 Å². The third-order valence-electron chi connectivity index (χ3n) is 4.63. The highest BCUT2D eigenvalue weighted by atomic mass is 32.1. The summed E-state index contributed by atoms with van der Waals surface area (Å²) in [6, 6.07) is 6.54. The molecule has 0 saturated carbocycles. The van der Waals surface area contributed by atoms with E-state index in [0.29, 0.717) is 16.8 Å². The van der Waals surface area contributed by atoms with Crippen LogP contribution in [0.1, 0.15) is 6.23 Å². The summed E-state index contributed by atoms with van der Waals surface area (Å²) in [5, 5.41) is 20.8. The molecule has 1 aromatic heterocycles. The quantitative estimate of drug-likeness (QED) is 0.111. The Balaban J connectivity index is 1.77. The summed E-state index contributed by atoms with van der Waals surface area (Å²) in [5.74, 6) is 0.0539. The Hall–Kier alpha value is -1.59. The molecule has 21 heteroatoms. The van der Waals surface area contributed by atoms with Crippen LogP contribution in [0.5, 0.6) is 0 Å². The smallest absolute Gasteiger partial charge is 0.399 e. The normalized spacial score (nSPS) is 25.8. The number of nitrogens with zero attached hydrogens (tertiary/aromatic N) is 2. The lowest BCUT2D eigenvalue weighted by Gasteiger charge is -2.20. The summed E-state index contributed by atoms with van der Waals surface area (Å²) in [6.45, 7) is -0.987. The number of ether oxygens (including phenoxy) is 1. The van der Waals surface area contributed by atoms with Crippen LogP contribution >= 0.6 is 35.7 Å².